The Morgan fingerprint density at radius 1 is 1.14 bits per heavy atom. The molecule has 3 N–H and O–H groups in total. The van der Waals surface area contributed by atoms with Gasteiger partial charge in [0, 0.05) is 32.4 Å². The van der Waals surface area contributed by atoms with E-state index >= 15 is 0 Å². The van der Waals surface area contributed by atoms with Gasteiger partial charge < -0.3 is 25.4 Å². The molecular formula is C31H34FN9O3. The van der Waals surface area contributed by atoms with E-state index in [2.05, 4.69) is 41.6 Å². The lowest BCUT2D eigenvalue weighted by Crippen LogP contribution is -2.56. The zero-order chi connectivity index (χ0) is 30.8. The Bertz CT molecular complexity index is 1680. The summed E-state index contributed by atoms with van der Waals surface area (Å²) in [7, 11) is 0. The van der Waals surface area contributed by atoms with Gasteiger partial charge in [-0.05, 0) is 50.2 Å². The number of nitriles is 1. The first-order valence-electron chi connectivity index (χ1n) is 14.5. The Morgan fingerprint density at radius 2 is 1.93 bits per heavy atom. The van der Waals surface area contributed by atoms with Crippen molar-refractivity contribution < 1.29 is 19.0 Å². The van der Waals surface area contributed by atoms with Gasteiger partial charge in [-0.25, -0.2) is 13.9 Å². The lowest BCUT2D eigenvalue weighted by Gasteiger charge is -2.42. The van der Waals surface area contributed by atoms with Crippen LogP contribution in [-0.2, 0) is 4.74 Å². The van der Waals surface area contributed by atoms with Crippen LogP contribution in [0.5, 0.6) is 0 Å². The molecule has 2 aliphatic heterocycles. The fraction of sp³-hybridized carbons (Fsp3) is 0.387. The van der Waals surface area contributed by atoms with E-state index in [0.717, 1.165) is 50.7 Å². The molecule has 6 rings (SSSR count). The Morgan fingerprint density at radius 3 is 2.59 bits per heavy atom. The highest BCUT2D eigenvalue weighted by Gasteiger charge is 2.29. The monoisotopic (exact) mass is 599 g/mol. The number of ether oxygens (including phenoxy) is 1. The second kappa shape index (κ2) is 12.2. The molecule has 6 heterocycles. The number of rotatable bonds is 9. The van der Waals surface area contributed by atoms with Gasteiger partial charge in [0.05, 0.1) is 83.2 Å². The zero-order valence-electron chi connectivity index (χ0n) is 24.6. The minimum atomic E-state index is -1.66. The molecule has 2 saturated heterocycles. The van der Waals surface area contributed by atoms with E-state index in [1.807, 2.05) is 24.3 Å². The molecule has 0 radical (unpaired) electrons. The van der Waals surface area contributed by atoms with E-state index in [1.54, 1.807) is 22.8 Å². The molecule has 0 spiro atoms. The zero-order valence-corrected chi connectivity index (χ0v) is 24.6. The first-order valence-corrected chi connectivity index (χ1v) is 14.5. The maximum Gasteiger partial charge on any atom is 0.255 e. The van der Waals surface area contributed by atoms with Crippen LogP contribution in [0.25, 0.3) is 16.9 Å². The predicted molar refractivity (Wildman–Crippen MR) is 163 cm³/mol. The van der Waals surface area contributed by atoms with Crippen LogP contribution in [0.2, 0.25) is 0 Å². The first-order chi connectivity index (χ1) is 21.2. The minimum absolute atomic E-state index is 0.192. The van der Waals surface area contributed by atoms with Crippen molar-refractivity contribution in [2.45, 2.75) is 31.7 Å². The average Bonchev–Trinajstić information content (AvgIpc) is 3.42. The van der Waals surface area contributed by atoms with Gasteiger partial charge in [-0.2, -0.15) is 10.4 Å². The highest BCUT2D eigenvalue weighted by Crippen LogP contribution is 2.28. The number of nitrogens with zero attached hydrogens (tertiary/aromatic N) is 7. The van der Waals surface area contributed by atoms with E-state index in [-0.39, 0.29) is 12.1 Å². The first kappa shape index (κ1) is 29.4. The van der Waals surface area contributed by atoms with Gasteiger partial charge in [0.15, 0.2) is 0 Å². The number of pyridine rings is 2. The molecule has 13 heteroatoms. The molecule has 0 aliphatic carbocycles. The fourth-order valence-corrected chi connectivity index (χ4v) is 5.21. The summed E-state index contributed by atoms with van der Waals surface area (Å²) in [5.41, 5.74) is 2.02. The molecule has 2 fully saturated rings. The normalized spacial score (nSPS) is 16.8. The van der Waals surface area contributed by atoms with Crippen molar-refractivity contribution in [1.82, 2.24) is 29.8 Å². The van der Waals surface area contributed by atoms with Gasteiger partial charge in [0.1, 0.15) is 18.1 Å². The van der Waals surface area contributed by atoms with Crippen LogP contribution >= 0.6 is 0 Å². The highest BCUT2D eigenvalue weighted by atomic mass is 19.1. The number of hydrogen-bond acceptors (Lipinski definition) is 10. The van der Waals surface area contributed by atoms with E-state index in [1.165, 1.54) is 26.2 Å². The molecule has 2 aliphatic rings. The largest absolute Gasteiger partial charge is 0.387 e. The van der Waals surface area contributed by atoms with E-state index < -0.39 is 17.7 Å². The Labute approximate surface area is 254 Å². The van der Waals surface area contributed by atoms with Crippen molar-refractivity contribution >= 4 is 28.6 Å². The third-order valence-corrected chi connectivity index (χ3v) is 8.05. The maximum atomic E-state index is 14.4. The van der Waals surface area contributed by atoms with Gasteiger partial charge in [-0.3, -0.25) is 14.7 Å². The van der Waals surface area contributed by atoms with Crippen molar-refractivity contribution in [1.29, 1.82) is 5.26 Å². The number of aromatic nitrogens is 4. The standard InChI is InChI=1S/C31H34FN9O3/c1-31(2,43)28(32)17-36-30(42)24-16-34-26(27-5-4-22-11-20(13-33)14-37-41(22)27)12-25(24)38-21-3-6-29(35-15-21)40-9-7-39(8-10-40)23-18-44-19-23/h3-6,11-12,14-16,23,28,43H,7-10,17-19H2,1-2H3,(H,34,38)(H,36,42). The van der Waals surface area contributed by atoms with Crippen molar-refractivity contribution in [3.63, 3.8) is 0 Å². The number of alkyl halides is 1. The summed E-state index contributed by atoms with van der Waals surface area (Å²) in [5.74, 6) is 0.325. The van der Waals surface area contributed by atoms with Crippen molar-refractivity contribution in [3.8, 4) is 17.5 Å². The van der Waals surface area contributed by atoms with E-state index in [9.17, 15) is 19.6 Å². The number of carbonyl (C=O) groups excluding carboxylic acids is 1. The van der Waals surface area contributed by atoms with Crippen molar-refractivity contribution in [2.75, 3.05) is 56.2 Å². The van der Waals surface area contributed by atoms with Crippen LogP contribution in [0.15, 0.2) is 55.0 Å². The molecule has 4 aromatic rings. The molecule has 1 amide bonds. The van der Waals surface area contributed by atoms with Crippen LogP contribution in [0.4, 0.5) is 21.6 Å². The Hall–Kier alpha value is -4.64. The number of fused-ring (bicyclic) bond motifs is 1. The summed E-state index contributed by atoms with van der Waals surface area (Å²) in [6.45, 7) is 7.63. The fourth-order valence-electron chi connectivity index (χ4n) is 5.21. The number of hydrogen-bond donors (Lipinski definition) is 3. The van der Waals surface area contributed by atoms with Gasteiger partial charge in [0.25, 0.3) is 5.91 Å². The number of aliphatic hydroxyl groups is 1. The molecule has 0 bridgehead atoms. The van der Waals surface area contributed by atoms with E-state index in [0.29, 0.717) is 34.4 Å². The summed E-state index contributed by atoms with van der Waals surface area (Å²) in [4.78, 5) is 27.1. The lowest BCUT2D eigenvalue weighted by molar-refractivity contribution is -0.0661. The molecule has 12 nitrogen and oxygen atoms in total. The summed E-state index contributed by atoms with van der Waals surface area (Å²) < 4.78 is 21.4. The highest BCUT2D eigenvalue weighted by molar-refractivity contribution is 6.00. The number of carbonyl (C=O) groups is 1. The molecule has 0 aromatic carbocycles. The molecular weight excluding hydrogens is 565 g/mol. The van der Waals surface area contributed by atoms with Gasteiger partial charge in [0.2, 0.25) is 0 Å². The Balaban J connectivity index is 1.24. The van der Waals surface area contributed by atoms with Crippen LogP contribution in [0.3, 0.4) is 0 Å². The molecule has 228 valence electrons. The predicted octanol–water partition coefficient (Wildman–Crippen LogP) is 2.77. The number of piperazine rings is 1. The van der Waals surface area contributed by atoms with E-state index in [4.69, 9.17) is 4.74 Å². The third-order valence-electron chi connectivity index (χ3n) is 8.05. The van der Waals surface area contributed by atoms with Crippen molar-refractivity contribution in [2.24, 2.45) is 0 Å². The molecule has 0 saturated carbocycles. The van der Waals surface area contributed by atoms with Gasteiger partial charge >= 0.3 is 0 Å². The average molecular weight is 600 g/mol. The smallest absolute Gasteiger partial charge is 0.255 e. The number of anilines is 3. The summed E-state index contributed by atoms with van der Waals surface area (Å²) in [6, 6.07) is 13.6. The maximum absolute atomic E-state index is 14.4. The number of nitrogens with one attached hydrogen (secondary N) is 2. The van der Waals surface area contributed by atoms with Gasteiger partial charge in [-0.1, -0.05) is 0 Å². The van der Waals surface area contributed by atoms with Crippen LogP contribution in [0, 0.1) is 11.3 Å². The molecule has 4 aromatic heterocycles. The molecule has 44 heavy (non-hydrogen) atoms. The van der Waals surface area contributed by atoms with Crippen molar-refractivity contribution in [3.05, 3.63) is 66.1 Å². The van der Waals surface area contributed by atoms with Crippen LogP contribution < -0.4 is 15.5 Å². The second-order valence-electron chi connectivity index (χ2n) is 11.6. The topological polar surface area (TPSA) is 144 Å². The third kappa shape index (κ3) is 6.19. The summed E-state index contributed by atoms with van der Waals surface area (Å²) in [5, 5.41) is 29.4. The second-order valence-corrected chi connectivity index (χ2v) is 11.6. The number of halogens is 1. The Kier molecular flexibility index (Phi) is 8.13. The minimum Gasteiger partial charge on any atom is -0.387 e. The quantitative estimate of drug-likeness (QED) is 0.263. The van der Waals surface area contributed by atoms with Crippen LogP contribution in [0.1, 0.15) is 29.8 Å². The number of amides is 1. The summed E-state index contributed by atoms with van der Waals surface area (Å²) in [6.07, 6.45) is 2.95. The summed E-state index contributed by atoms with van der Waals surface area (Å²) >= 11 is 0. The lowest BCUT2D eigenvalue weighted by atomic mass is 10.0. The SMILES string of the molecule is CC(C)(O)C(F)CNC(=O)c1cnc(-c2ccc3cc(C#N)cnn23)cc1Nc1ccc(N2CCN(C3COC3)CC2)nc1. The van der Waals surface area contributed by atoms with Gasteiger partial charge in [-0.15, -0.1) is 0 Å². The molecule has 1 atom stereocenters. The molecule has 1 unspecified atom stereocenters. The van der Waals surface area contributed by atoms with Crippen LogP contribution in [-0.4, -0.2) is 99.2 Å².